The zero-order valence-corrected chi connectivity index (χ0v) is 39.8. The first-order valence-corrected chi connectivity index (χ1v) is 24.3. The molecule has 16 heteroatoms. The molecule has 10 rings (SSSR count). The second-order valence-electron chi connectivity index (χ2n) is 17.5. The number of rotatable bonds is 8. The highest BCUT2D eigenvalue weighted by molar-refractivity contribution is 6.35. The van der Waals surface area contributed by atoms with E-state index in [1.165, 1.54) is 0 Å². The minimum Gasteiger partial charge on any atom is -0.368 e. The molecule has 4 unspecified atom stereocenters. The number of aromatic nitrogens is 4. The fraction of sp³-hybridized carbons (Fsp3) is 0.420. The number of anilines is 1. The summed E-state index contributed by atoms with van der Waals surface area (Å²) in [7, 11) is 0. The first-order chi connectivity index (χ1) is 31.5. The average Bonchev–Trinajstić information content (AvgIpc) is 4.12. The molecule has 6 heterocycles. The number of piperazine rings is 1. The highest BCUT2D eigenvalue weighted by Gasteiger charge is 2.31. The number of nitrogens with zero attached hydrogens (tertiary/aromatic N) is 8. The van der Waals surface area contributed by atoms with Crippen LogP contribution in [-0.2, 0) is 9.59 Å². The lowest BCUT2D eigenvalue weighted by molar-refractivity contribution is -0.442. The molecule has 0 aliphatic carbocycles. The van der Waals surface area contributed by atoms with Gasteiger partial charge in [-0.05, 0) is 112 Å². The van der Waals surface area contributed by atoms with Crippen LogP contribution in [0.15, 0.2) is 85.5 Å². The lowest BCUT2D eigenvalue weighted by Crippen LogP contribution is -2.53. The van der Waals surface area contributed by atoms with Gasteiger partial charge in [-0.2, -0.15) is 4.58 Å². The summed E-state index contributed by atoms with van der Waals surface area (Å²) in [6.07, 6.45) is 11.1. The second kappa shape index (κ2) is 21.1. The first kappa shape index (κ1) is 47.8. The Balaban J connectivity index is 0.000000177. The van der Waals surface area contributed by atoms with Crippen LogP contribution in [-0.4, -0.2) is 122 Å². The van der Waals surface area contributed by atoms with Crippen LogP contribution in [0.5, 0.6) is 0 Å². The van der Waals surface area contributed by atoms with Crippen LogP contribution in [0.1, 0.15) is 76.6 Å². The molecule has 4 aliphatic rings. The van der Waals surface area contributed by atoms with Gasteiger partial charge in [-0.1, -0.05) is 72.4 Å². The number of amides is 2. The van der Waals surface area contributed by atoms with Gasteiger partial charge in [0.05, 0.1) is 72.0 Å². The van der Waals surface area contributed by atoms with Crippen molar-refractivity contribution in [1.29, 1.82) is 0 Å². The van der Waals surface area contributed by atoms with Crippen molar-refractivity contribution >= 4 is 97.9 Å². The maximum atomic E-state index is 12.8. The van der Waals surface area contributed by atoms with Gasteiger partial charge in [-0.15, -0.1) is 0 Å². The minimum absolute atomic E-state index is 0. The highest BCUT2D eigenvalue weighted by atomic mass is 35.5. The third-order valence-corrected chi connectivity index (χ3v) is 14.6. The van der Waals surface area contributed by atoms with Crippen LogP contribution in [0.4, 0.5) is 11.4 Å². The number of halogens is 4. The number of imidazole rings is 2. The maximum absolute atomic E-state index is 12.8. The van der Waals surface area contributed by atoms with Gasteiger partial charge in [0.2, 0.25) is 17.5 Å². The van der Waals surface area contributed by atoms with Crippen LogP contribution in [0.25, 0.3) is 22.1 Å². The fourth-order valence-electron chi connectivity index (χ4n) is 9.63. The fourth-order valence-corrected chi connectivity index (χ4v) is 10.8. The summed E-state index contributed by atoms with van der Waals surface area (Å²) in [5.41, 5.74) is 8.26. The number of nitrogens with one attached hydrogen (secondary N) is 2. The van der Waals surface area contributed by atoms with Crippen molar-refractivity contribution in [2.24, 2.45) is 0 Å². The molecule has 0 radical (unpaired) electrons. The van der Waals surface area contributed by atoms with Gasteiger partial charge >= 0.3 is 0 Å². The van der Waals surface area contributed by atoms with Crippen LogP contribution in [0.3, 0.4) is 0 Å². The number of benzene rings is 4. The quantitative estimate of drug-likeness (QED) is 0.147. The summed E-state index contributed by atoms with van der Waals surface area (Å²) in [6.45, 7) is 11.4. The Morgan fingerprint density at radius 3 is 1.76 bits per heavy atom. The molecular formula is C50H59Cl4N10O2+. The Kier molecular flexibility index (Phi) is 15.3. The van der Waals surface area contributed by atoms with Crippen molar-refractivity contribution in [2.75, 3.05) is 63.8 Å². The van der Waals surface area contributed by atoms with Crippen molar-refractivity contribution in [2.45, 2.75) is 77.5 Å². The number of hydrogen-bond acceptors (Lipinski definition) is 7. The molecule has 348 valence electrons. The number of carbonyl (C=O) groups is 2. The van der Waals surface area contributed by atoms with Crippen molar-refractivity contribution in [1.82, 2.24) is 39.5 Å². The molecule has 4 aliphatic heterocycles. The van der Waals surface area contributed by atoms with E-state index in [-0.39, 0.29) is 43.4 Å². The van der Waals surface area contributed by atoms with Gasteiger partial charge in [-0.3, -0.25) is 9.59 Å². The van der Waals surface area contributed by atoms with E-state index >= 15 is 0 Å². The molecule has 6 aromatic rings. The largest absolute Gasteiger partial charge is 0.368 e. The highest BCUT2D eigenvalue weighted by Crippen LogP contribution is 2.34. The smallest absolute Gasteiger partial charge is 0.240 e. The number of piperidine rings is 1. The first-order valence-electron chi connectivity index (χ1n) is 22.7. The summed E-state index contributed by atoms with van der Waals surface area (Å²) in [4.78, 5) is 41.0. The standard InChI is InChI=1S/C25H28Cl2N5O.C24H27Cl2N5O.CH4/c1-17(20-7-5-18(26)14-21(20)27)32-16-29-22-8-6-19(15-24(22)32)30-10-12-31(13-11-30)25(33)23-4-2-3-9-28-23;1-16(19-6-4-17(25)13-20(19)26)31-15-28-21-7-5-18(14-23(21)31)29-9-11-30(12-10-29)24(32)22-3-2-8-27-22;/h5-8,10,14-17,23,28H,2-4,9,11-13H2,1H3;4-7,13-16,22,27H,2-3,8-12H2,1H3;1H4/q+1;;. The third kappa shape index (κ3) is 10.2. The Morgan fingerprint density at radius 1 is 0.652 bits per heavy atom. The minimum atomic E-state index is -0.0226. The molecule has 0 saturated carbocycles. The van der Waals surface area contributed by atoms with E-state index in [1.54, 1.807) is 12.1 Å². The van der Waals surface area contributed by atoms with Crippen molar-refractivity contribution in [3.8, 4) is 0 Å². The van der Waals surface area contributed by atoms with E-state index in [2.05, 4.69) is 95.7 Å². The third-order valence-electron chi connectivity index (χ3n) is 13.5. The zero-order valence-electron chi connectivity index (χ0n) is 36.8. The lowest BCUT2D eigenvalue weighted by atomic mass is 10.0. The summed E-state index contributed by atoms with van der Waals surface area (Å²) in [5, 5.41) is 9.24. The van der Waals surface area contributed by atoms with E-state index in [0.717, 1.165) is 129 Å². The van der Waals surface area contributed by atoms with E-state index in [9.17, 15) is 9.59 Å². The molecule has 4 atom stereocenters. The molecule has 3 fully saturated rings. The summed E-state index contributed by atoms with van der Waals surface area (Å²) in [5.74, 6) is 0.483. The predicted molar refractivity (Wildman–Crippen MR) is 270 cm³/mol. The zero-order chi connectivity index (χ0) is 45.2. The SMILES string of the molecule is C.CC(c1ccc(Cl)cc1Cl)n1cnc2ccc(N3CCN(C(=O)C4CCCN4)CC3)cc21.CC(c1ccc(Cl)cc1Cl)n1cnc2ccc([N+]3=CCN(C(=O)C4CCCCN4)CC3)cc21. The normalized spacial score (nSPS) is 19.8. The van der Waals surface area contributed by atoms with E-state index in [0.29, 0.717) is 26.6 Å². The van der Waals surface area contributed by atoms with Gasteiger partial charge in [0.25, 0.3) is 0 Å². The molecule has 66 heavy (non-hydrogen) atoms. The Labute approximate surface area is 407 Å². The number of carbonyl (C=O) groups excluding carboxylic acids is 2. The number of hydrogen-bond donors (Lipinski definition) is 2. The maximum Gasteiger partial charge on any atom is 0.240 e. The van der Waals surface area contributed by atoms with E-state index in [4.69, 9.17) is 46.4 Å². The van der Waals surface area contributed by atoms with Gasteiger partial charge in [0.1, 0.15) is 0 Å². The van der Waals surface area contributed by atoms with Crippen molar-refractivity contribution in [3.05, 3.63) is 117 Å². The molecule has 2 N–H and O–H groups in total. The van der Waals surface area contributed by atoms with Crippen LogP contribution in [0, 0.1) is 0 Å². The molecule has 3 saturated heterocycles. The van der Waals surface area contributed by atoms with Crippen LogP contribution >= 0.6 is 46.4 Å². The summed E-state index contributed by atoms with van der Waals surface area (Å²) < 4.78 is 6.52. The summed E-state index contributed by atoms with van der Waals surface area (Å²) in [6, 6.07) is 23.9. The molecule has 2 amide bonds. The molecule has 0 spiro atoms. The van der Waals surface area contributed by atoms with Crippen LogP contribution < -0.4 is 15.5 Å². The Hall–Kier alpha value is -4.69. The Bertz CT molecular complexity index is 2720. The summed E-state index contributed by atoms with van der Waals surface area (Å²) >= 11 is 25.1. The topological polar surface area (TPSA) is 107 Å². The molecule has 2 aromatic heterocycles. The molecular weight excluding hydrogens is 914 g/mol. The van der Waals surface area contributed by atoms with Gasteiger partial charge in [0, 0.05) is 64.1 Å². The van der Waals surface area contributed by atoms with Crippen LogP contribution in [0.2, 0.25) is 20.1 Å². The molecule has 4 aromatic carbocycles. The average molecular weight is 974 g/mol. The van der Waals surface area contributed by atoms with E-state index in [1.807, 2.05) is 46.7 Å². The second-order valence-corrected chi connectivity index (χ2v) is 19.1. The lowest BCUT2D eigenvalue weighted by Gasteiger charge is -2.37. The van der Waals surface area contributed by atoms with Gasteiger partial charge < -0.3 is 34.5 Å². The number of fused-ring (bicyclic) bond motifs is 2. The van der Waals surface area contributed by atoms with Crippen molar-refractivity contribution in [3.63, 3.8) is 0 Å². The van der Waals surface area contributed by atoms with Gasteiger partial charge in [-0.25, -0.2) is 9.97 Å². The molecule has 12 nitrogen and oxygen atoms in total. The van der Waals surface area contributed by atoms with E-state index < -0.39 is 0 Å². The predicted octanol–water partition coefficient (Wildman–Crippen LogP) is 9.64. The van der Waals surface area contributed by atoms with Gasteiger partial charge in [0.15, 0.2) is 12.8 Å². The van der Waals surface area contributed by atoms with Crippen molar-refractivity contribution < 1.29 is 14.2 Å². The monoisotopic (exact) mass is 971 g/mol. The molecule has 0 bridgehead atoms. The Morgan fingerprint density at radius 2 is 1.21 bits per heavy atom.